The van der Waals surface area contributed by atoms with Crippen molar-refractivity contribution in [3.8, 4) is 17.3 Å². The molecule has 0 unspecified atom stereocenters. The number of halogens is 2. The summed E-state index contributed by atoms with van der Waals surface area (Å²) < 4.78 is 42.8. The third-order valence-electron chi connectivity index (χ3n) is 7.65. The molecule has 2 saturated heterocycles. The van der Waals surface area contributed by atoms with Gasteiger partial charge in [0, 0.05) is 37.2 Å². The number of rotatable bonds is 8. The van der Waals surface area contributed by atoms with Gasteiger partial charge in [0.15, 0.2) is 0 Å². The van der Waals surface area contributed by atoms with Gasteiger partial charge in [-0.2, -0.15) is 14.9 Å². The van der Waals surface area contributed by atoms with E-state index in [1.165, 1.54) is 16.6 Å². The fourth-order valence-corrected chi connectivity index (χ4v) is 5.51. The Morgan fingerprint density at radius 1 is 1.17 bits per heavy atom. The Labute approximate surface area is 235 Å². The van der Waals surface area contributed by atoms with Crippen molar-refractivity contribution in [1.82, 2.24) is 19.6 Å². The van der Waals surface area contributed by atoms with Crippen molar-refractivity contribution in [1.29, 1.82) is 5.26 Å². The maximum atomic E-state index is 15.1. The highest BCUT2D eigenvalue weighted by Gasteiger charge is 2.34. The molecule has 10 nitrogen and oxygen atoms in total. The van der Waals surface area contributed by atoms with Gasteiger partial charge in [-0.25, -0.2) is 13.8 Å². The van der Waals surface area contributed by atoms with E-state index < -0.39 is 11.6 Å². The van der Waals surface area contributed by atoms with Crippen LogP contribution in [0.2, 0.25) is 0 Å². The first-order valence-corrected chi connectivity index (χ1v) is 13.5. The fourth-order valence-electron chi connectivity index (χ4n) is 5.51. The molecule has 3 atom stereocenters. The van der Waals surface area contributed by atoms with Crippen molar-refractivity contribution in [2.45, 2.75) is 31.4 Å². The van der Waals surface area contributed by atoms with Crippen molar-refractivity contribution in [3.05, 3.63) is 66.1 Å². The molecule has 212 valence electrons. The number of piperidine rings is 1. The number of imidazole rings is 1. The second-order valence-electron chi connectivity index (χ2n) is 10.5. The maximum Gasteiger partial charge on any atom is 0.229 e. The summed E-state index contributed by atoms with van der Waals surface area (Å²) in [5.41, 5.74) is 9.23. The van der Waals surface area contributed by atoms with E-state index in [-0.39, 0.29) is 35.2 Å². The molecule has 0 spiro atoms. The summed E-state index contributed by atoms with van der Waals surface area (Å²) >= 11 is 0. The van der Waals surface area contributed by atoms with Gasteiger partial charge in [0.1, 0.15) is 11.6 Å². The van der Waals surface area contributed by atoms with E-state index in [2.05, 4.69) is 38.3 Å². The summed E-state index contributed by atoms with van der Waals surface area (Å²) in [4.78, 5) is 10.9. The molecule has 41 heavy (non-hydrogen) atoms. The molecule has 0 amide bonds. The van der Waals surface area contributed by atoms with E-state index in [1.54, 1.807) is 30.7 Å². The molecular weight excluding hydrogens is 530 g/mol. The molecular formula is C29H30F2N8O2. The molecule has 1 aromatic carbocycles. The van der Waals surface area contributed by atoms with Crippen LogP contribution in [-0.4, -0.2) is 64.6 Å². The first kappa shape index (κ1) is 27.0. The van der Waals surface area contributed by atoms with Gasteiger partial charge in [0.05, 0.1) is 79.0 Å². The minimum Gasteiger partial charge on any atom is -0.380 e. The molecule has 2 fully saturated rings. The Morgan fingerprint density at radius 3 is 2.68 bits per heavy atom. The third-order valence-corrected chi connectivity index (χ3v) is 7.65. The van der Waals surface area contributed by atoms with Gasteiger partial charge in [0.2, 0.25) is 5.95 Å². The standard InChI is InChI=1S/C29H30F2N8O2/c1-17-13-38(14-23(33)28(17)41-8-2-6-32)26-5-7-34-12-25(26)36-29-35-11-20-3-4-24(37-39(20)29)27-21(30)9-18(10-22(27)31)19-15-40-16-19/h3-5,7,9-12,17,19,23,28H,2,8,13-16,33H2,1H3,(H,35,36)/t17-,23+,28-/m0/s1. The highest BCUT2D eigenvalue weighted by Crippen LogP contribution is 2.34. The number of anilines is 3. The number of pyridine rings is 1. The van der Waals surface area contributed by atoms with E-state index in [4.69, 9.17) is 20.5 Å². The summed E-state index contributed by atoms with van der Waals surface area (Å²) in [6.07, 6.45) is 5.20. The van der Waals surface area contributed by atoms with E-state index in [0.29, 0.717) is 62.0 Å². The summed E-state index contributed by atoms with van der Waals surface area (Å²) in [5, 5.41) is 16.7. The smallest absolute Gasteiger partial charge is 0.229 e. The number of hydrogen-bond acceptors (Lipinski definition) is 9. The average molecular weight is 561 g/mol. The van der Waals surface area contributed by atoms with Crippen LogP contribution in [0.3, 0.4) is 0 Å². The summed E-state index contributed by atoms with van der Waals surface area (Å²) in [6, 6.07) is 9.75. The zero-order chi connectivity index (χ0) is 28.5. The maximum absolute atomic E-state index is 15.1. The fraction of sp³-hybridized carbons (Fsp3) is 0.379. The zero-order valence-corrected chi connectivity index (χ0v) is 22.5. The van der Waals surface area contributed by atoms with Crippen LogP contribution in [0.4, 0.5) is 26.1 Å². The lowest BCUT2D eigenvalue weighted by Crippen LogP contribution is -2.56. The Kier molecular flexibility index (Phi) is 7.49. The minimum atomic E-state index is -0.673. The van der Waals surface area contributed by atoms with Crippen LogP contribution in [0.25, 0.3) is 16.8 Å². The number of fused-ring (bicyclic) bond motifs is 1. The highest BCUT2D eigenvalue weighted by molar-refractivity contribution is 5.74. The Bertz CT molecular complexity index is 1570. The van der Waals surface area contributed by atoms with E-state index >= 15 is 8.78 Å². The van der Waals surface area contributed by atoms with Crippen LogP contribution in [0, 0.1) is 28.9 Å². The predicted octanol–water partition coefficient (Wildman–Crippen LogP) is 4.01. The van der Waals surface area contributed by atoms with E-state index in [1.807, 2.05) is 6.07 Å². The first-order chi connectivity index (χ1) is 19.9. The van der Waals surface area contributed by atoms with Gasteiger partial charge >= 0.3 is 0 Å². The number of aromatic nitrogens is 4. The number of nitriles is 1. The lowest BCUT2D eigenvalue weighted by molar-refractivity contribution is -0.00331. The normalized spacial score (nSPS) is 21.0. The molecule has 0 bridgehead atoms. The SMILES string of the molecule is C[C@H]1CN(c2ccncc2Nc2ncc3ccc(-c4c(F)cc(C5COC5)cc4F)nn23)C[C@@H](N)[C@H]1OCCC#N. The molecule has 0 saturated carbocycles. The zero-order valence-electron chi connectivity index (χ0n) is 22.5. The second kappa shape index (κ2) is 11.4. The topological polar surface area (TPSA) is 127 Å². The lowest BCUT2D eigenvalue weighted by Gasteiger charge is -2.42. The number of nitrogens with two attached hydrogens (primary N) is 1. The molecule has 6 rings (SSSR count). The van der Waals surface area contributed by atoms with Gasteiger partial charge in [0.25, 0.3) is 0 Å². The minimum absolute atomic E-state index is 0.000957. The van der Waals surface area contributed by atoms with Gasteiger partial charge in [-0.05, 0) is 35.9 Å². The first-order valence-electron chi connectivity index (χ1n) is 13.5. The lowest BCUT2D eigenvalue weighted by atomic mass is 9.92. The van der Waals surface area contributed by atoms with Crippen LogP contribution < -0.4 is 16.0 Å². The monoisotopic (exact) mass is 560 g/mol. The Hall–Kier alpha value is -4.18. The number of ether oxygens (including phenoxy) is 2. The summed E-state index contributed by atoms with van der Waals surface area (Å²) in [6.45, 7) is 4.60. The largest absolute Gasteiger partial charge is 0.380 e. The molecule has 5 heterocycles. The average Bonchev–Trinajstić information content (AvgIpc) is 3.31. The molecule has 4 aromatic rings. The molecule has 2 aliphatic rings. The molecule has 0 aliphatic carbocycles. The quantitative estimate of drug-likeness (QED) is 0.307. The van der Waals surface area contributed by atoms with Gasteiger partial charge in [-0.3, -0.25) is 4.98 Å². The number of nitrogens with one attached hydrogen (secondary N) is 1. The Morgan fingerprint density at radius 2 is 1.98 bits per heavy atom. The number of nitrogens with zero attached hydrogens (tertiary/aromatic N) is 6. The number of benzene rings is 1. The summed E-state index contributed by atoms with van der Waals surface area (Å²) in [7, 11) is 0. The van der Waals surface area contributed by atoms with Gasteiger partial charge in [-0.1, -0.05) is 6.92 Å². The number of hydrogen-bond donors (Lipinski definition) is 2. The summed E-state index contributed by atoms with van der Waals surface area (Å²) in [5.74, 6) is -0.849. The van der Waals surface area contributed by atoms with Crippen molar-refractivity contribution in [2.75, 3.05) is 43.1 Å². The van der Waals surface area contributed by atoms with Crippen molar-refractivity contribution < 1.29 is 18.3 Å². The van der Waals surface area contributed by atoms with Crippen LogP contribution in [0.15, 0.2) is 48.9 Å². The van der Waals surface area contributed by atoms with Gasteiger partial charge in [-0.15, -0.1) is 0 Å². The van der Waals surface area contributed by atoms with Crippen LogP contribution in [0.1, 0.15) is 24.8 Å². The van der Waals surface area contributed by atoms with Crippen LogP contribution in [0.5, 0.6) is 0 Å². The van der Waals surface area contributed by atoms with Crippen molar-refractivity contribution >= 4 is 22.8 Å². The molecule has 3 N–H and O–H groups in total. The second-order valence-corrected chi connectivity index (χ2v) is 10.5. The molecule has 2 aliphatic heterocycles. The van der Waals surface area contributed by atoms with Crippen molar-refractivity contribution in [3.63, 3.8) is 0 Å². The molecule has 3 aromatic heterocycles. The van der Waals surface area contributed by atoms with Crippen LogP contribution in [-0.2, 0) is 9.47 Å². The van der Waals surface area contributed by atoms with Gasteiger partial charge < -0.3 is 25.4 Å². The van der Waals surface area contributed by atoms with E-state index in [9.17, 15) is 0 Å². The van der Waals surface area contributed by atoms with Crippen molar-refractivity contribution in [2.24, 2.45) is 11.7 Å². The predicted molar refractivity (Wildman–Crippen MR) is 149 cm³/mol. The third kappa shape index (κ3) is 5.31. The van der Waals surface area contributed by atoms with E-state index in [0.717, 1.165) is 5.69 Å². The molecule has 0 radical (unpaired) electrons. The molecule has 12 heteroatoms. The highest BCUT2D eigenvalue weighted by atomic mass is 19.1. The Balaban J connectivity index is 1.26. The van der Waals surface area contributed by atoms with Crippen LogP contribution >= 0.6 is 0 Å².